The fraction of sp³-hybridized carbons (Fsp3) is 0.500. The molecule has 0 radical (unpaired) electrons. The van der Waals surface area contributed by atoms with Gasteiger partial charge in [0, 0.05) is 39.1 Å². The second-order valence-electron chi connectivity index (χ2n) is 4.23. The summed E-state index contributed by atoms with van der Waals surface area (Å²) in [7, 11) is 4.00. The van der Waals surface area contributed by atoms with E-state index in [2.05, 4.69) is 28.4 Å². The van der Waals surface area contributed by atoms with Crippen LogP contribution >= 0.6 is 0 Å². The van der Waals surface area contributed by atoms with Crippen molar-refractivity contribution in [3.05, 3.63) is 36.4 Å². The van der Waals surface area contributed by atoms with Crippen LogP contribution in [0.1, 0.15) is 24.5 Å². The van der Waals surface area contributed by atoms with E-state index in [1.54, 1.807) is 0 Å². The molecule has 0 aliphatic carbocycles. The van der Waals surface area contributed by atoms with Gasteiger partial charge in [-0.3, -0.25) is 0 Å². The average molecular weight is 233 g/mol. The Balaban J connectivity index is 2.15. The first kappa shape index (κ1) is 11.9. The first-order chi connectivity index (χ1) is 8.20. The van der Waals surface area contributed by atoms with E-state index in [9.17, 15) is 0 Å². The van der Waals surface area contributed by atoms with E-state index in [1.165, 1.54) is 0 Å². The molecule has 17 heavy (non-hydrogen) atoms. The number of aryl methyl sites for hydroxylation is 2. The number of imidazole rings is 2. The first-order valence-electron chi connectivity index (χ1n) is 5.88. The van der Waals surface area contributed by atoms with Gasteiger partial charge in [0.2, 0.25) is 0 Å². The fourth-order valence-electron chi connectivity index (χ4n) is 1.92. The van der Waals surface area contributed by atoms with Crippen LogP contribution in [-0.4, -0.2) is 25.6 Å². The normalized spacial score (nSPS) is 12.9. The Morgan fingerprint density at radius 3 is 2.71 bits per heavy atom. The quantitative estimate of drug-likeness (QED) is 0.839. The van der Waals surface area contributed by atoms with E-state index in [0.717, 1.165) is 24.5 Å². The molecule has 1 N–H and O–H groups in total. The molecule has 1 atom stereocenters. The molecule has 0 spiro atoms. The number of nitrogens with one attached hydrogen (secondary N) is 1. The van der Waals surface area contributed by atoms with Crippen molar-refractivity contribution < 1.29 is 0 Å². The average Bonchev–Trinajstić information content (AvgIpc) is 2.88. The molecule has 0 amide bonds. The van der Waals surface area contributed by atoms with Crippen LogP contribution in [0.25, 0.3) is 0 Å². The van der Waals surface area contributed by atoms with Crippen LogP contribution in [0.3, 0.4) is 0 Å². The summed E-state index contributed by atoms with van der Waals surface area (Å²) in [6.45, 7) is 3.03. The number of nitrogens with zero attached hydrogens (tertiary/aromatic N) is 4. The first-order valence-corrected chi connectivity index (χ1v) is 5.88. The van der Waals surface area contributed by atoms with E-state index < -0.39 is 0 Å². The summed E-state index contributed by atoms with van der Waals surface area (Å²) >= 11 is 0. The van der Waals surface area contributed by atoms with Crippen molar-refractivity contribution >= 4 is 0 Å². The Kier molecular flexibility index (Phi) is 3.58. The maximum absolute atomic E-state index is 4.41. The summed E-state index contributed by atoms with van der Waals surface area (Å²) in [5.41, 5.74) is 1.07. The molecule has 92 valence electrons. The van der Waals surface area contributed by atoms with E-state index >= 15 is 0 Å². The zero-order valence-electron chi connectivity index (χ0n) is 10.6. The third-order valence-corrected chi connectivity index (χ3v) is 2.84. The minimum atomic E-state index is 0.224. The van der Waals surface area contributed by atoms with Gasteiger partial charge in [-0.15, -0.1) is 0 Å². The highest BCUT2D eigenvalue weighted by Crippen LogP contribution is 2.15. The lowest BCUT2D eigenvalue weighted by molar-refractivity contribution is 0.519. The molecule has 0 aromatic carbocycles. The van der Waals surface area contributed by atoms with Gasteiger partial charge in [-0.2, -0.15) is 0 Å². The largest absolute Gasteiger partial charge is 0.340 e. The molecule has 0 aliphatic rings. The van der Waals surface area contributed by atoms with Crippen LogP contribution in [-0.2, 0) is 20.5 Å². The van der Waals surface area contributed by atoms with E-state index in [-0.39, 0.29) is 6.04 Å². The SMILES string of the molecule is CCNC(Cc1nccn1C)c1cn(C)cn1. The molecule has 0 saturated heterocycles. The van der Waals surface area contributed by atoms with Gasteiger partial charge < -0.3 is 14.5 Å². The Morgan fingerprint density at radius 2 is 2.18 bits per heavy atom. The van der Waals surface area contributed by atoms with E-state index in [0.29, 0.717) is 0 Å². The number of rotatable bonds is 5. The lowest BCUT2D eigenvalue weighted by atomic mass is 10.1. The topological polar surface area (TPSA) is 47.7 Å². The molecule has 5 heteroatoms. The zero-order chi connectivity index (χ0) is 12.3. The summed E-state index contributed by atoms with van der Waals surface area (Å²) < 4.78 is 4.02. The molecule has 2 aromatic heterocycles. The summed E-state index contributed by atoms with van der Waals surface area (Å²) in [5.74, 6) is 1.07. The standard InChI is InChI=1S/C12H19N5/c1-4-13-10(11-8-16(2)9-15-11)7-12-14-5-6-17(12)3/h5-6,8-10,13H,4,7H2,1-3H3. The third kappa shape index (κ3) is 2.74. The minimum Gasteiger partial charge on any atom is -0.340 e. The monoisotopic (exact) mass is 233 g/mol. The number of hydrogen-bond donors (Lipinski definition) is 1. The van der Waals surface area contributed by atoms with Crippen molar-refractivity contribution in [2.75, 3.05) is 6.54 Å². The number of likely N-dealkylation sites (N-methyl/N-ethyl adjacent to an activating group) is 1. The van der Waals surface area contributed by atoms with Crippen LogP contribution in [0, 0.1) is 0 Å². The second-order valence-corrected chi connectivity index (χ2v) is 4.23. The smallest absolute Gasteiger partial charge is 0.110 e. The maximum Gasteiger partial charge on any atom is 0.110 e. The molecular weight excluding hydrogens is 214 g/mol. The predicted octanol–water partition coefficient (Wildman–Crippen LogP) is 1.05. The fourth-order valence-corrected chi connectivity index (χ4v) is 1.92. The molecule has 2 rings (SSSR count). The summed E-state index contributed by atoms with van der Waals surface area (Å²) in [6, 6.07) is 0.224. The highest BCUT2D eigenvalue weighted by molar-refractivity contribution is 5.07. The van der Waals surface area contributed by atoms with Gasteiger partial charge >= 0.3 is 0 Å². The minimum absolute atomic E-state index is 0.224. The molecule has 5 nitrogen and oxygen atoms in total. The van der Waals surface area contributed by atoms with Crippen molar-refractivity contribution in [2.45, 2.75) is 19.4 Å². The predicted molar refractivity (Wildman–Crippen MR) is 66.5 cm³/mol. The van der Waals surface area contributed by atoms with Gasteiger partial charge in [0.15, 0.2) is 0 Å². The molecule has 2 heterocycles. The Hall–Kier alpha value is -1.62. The van der Waals surface area contributed by atoms with Crippen LogP contribution in [0.4, 0.5) is 0 Å². The van der Waals surface area contributed by atoms with Crippen LogP contribution < -0.4 is 5.32 Å². The van der Waals surface area contributed by atoms with Crippen molar-refractivity contribution in [1.82, 2.24) is 24.4 Å². The molecular formula is C12H19N5. The van der Waals surface area contributed by atoms with Crippen molar-refractivity contribution in [1.29, 1.82) is 0 Å². The van der Waals surface area contributed by atoms with Gasteiger partial charge in [0.05, 0.1) is 18.1 Å². The molecule has 2 aromatic rings. The summed E-state index contributed by atoms with van der Waals surface area (Å²) in [4.78, 5) is 8.77. The van der Waals surface area contributed by atoms with Crippen molar-refractivity contribution in [3.63, 3.8) is 0 Å². The Morgan fingerprint density at radius 1 is 1.35 bits per heavy atom. The summed E-state index contributed by atoms with van der Waals surface area (Å²) in [6.07, 6.45) is 8.54. The maximum atomic E-state index is 4.41. The Bertz CT molecular complexity index is 471. The van der Waals surface area contributed by atoms with Gasteiger partial charge in [-0.05, 0) is 6.54 Å². The summed E-state index contributed by atoms with van der Waals surface area (Å²) in [5, 5.41) is 3.45. The van der Waals surface area contributed by atoms with Crippen LogP contribution in [0.5, 0.6) is 0 Å². The highest BCUT2D eigenvalue weighted by atomic mass is 15.1. The second kappa shape index (κ2) is 5.14. The van der Waals surface area contributed by atoms with Crippen LogP contribution in [0.2, 0.25) is 0 Å². The lowest BCUT2D eigenvalue weighted by Crippen LogP contribution is -2.24. The molecule has 0 bridgehead atoms. The lowest BCUT2D eigenvalue weighted by Gasteiger charge is -2.15. The molecule has 0 saturated carbocycles. The van der Waals surface area contributed by atoms with Crippen LogP contribution in [0.15, 0.2) is 24.9 Å². The van der Waals surface area contributed by atoms with Crippen molar-refractivity contribution in [2.24, 2.45) is 14.1 Å². The molecule has 1 unspecified atom stereocenters. The van der Waals surface area contributed by atoms with Gasteiger partial charge in [-0.1, -0.05) is 6.92 Å². The van der Waals surface area contributed by atoms with Gasteiger partial charge in [-0.25, -0.2) is 9.97 Å². The van der Waals surface area contributed by atoms with Gasteiger partial charge in [0.25, 0.3) is 0 Å². The zero-order valence-corrected chi connectivity index (χ0v) is 10.6. The van der Waals surface area contributed by atoms with Gasteiger partial charge in [0.1, 0.15) is 5.82 Å². The number of aromatic nitrogens is 4. The van der Waals surface area contributed by atoms with E-state index in [1.807, 2.05) is 42.0 Å². The molecule has 0 aliphatic heterocycles. The van der Waals surface area contributed by atoms with E-state index in [4.69, 9.17) is 0 Å². The van der Waals surface area contributed by atoms with Crippen molar-refractivity contribution in [3.8, 4) is 0 Å². The molecule has 0 fully saturated rings. The third-order valence-electron chi connectivity index (χ3n) is 2.84. The Labute approximate surface area is 102 Å². The number of hydrogen-bond acceptors (Lipinski definition) is 3. The highest BCUT2D eigenvalue weighted by Gasteiger charge is 2.15.